The Morgan fingerprint density at radius 1 is 1.12 bits per heavy atom. The van der Waals surface area contributed by atoms with Crippen molar-refractivity contribution < 1.29 is 0 Å². The molecule has 0 amide bonds. The minimum atomic E-state index is -0.370. The molecule has 1 N–H and O–H groups in total. The number of nitrogens with one attached hydrogen (secondary N) is 1. The van der Waals surface area contributed by atoms with Crippen LogP contribution >= 0.6 is 11.6 Å². The van der Waals surface area contributed by atoms with Crippen molar-refractivity contribution in [2.45, 2.75) is 13.0 Å². The van der Waals surface area contributed by atoms with E-state index in [1.165, 1.54) is 4.80 Å². The van der Waals surface area contributed by atoms with Crippen LogP contribution in [0.1, 0.15) is 18.8 Å². The Balaban J connectivity index is 1.71. The number of benzene rings is 2. The number of hydrogen-bond acceptors (Lipinski definition) is 5. The molecule has 7 nitrogen and oxygen atoms in total. The maximum atomic E-state index is 12.2. The molecule has 4 aromatic rings. The Morgan fingerprint density at radius 3 is 2.68 bits per heavy atom. The second-order valence-electron chi connectivity index (χ2n) is 5.58. The lowest BCUT2D eigenvalue weighted by Crippen LogP contribution is -2.19. The molecule has 0 bridgehead atoms. The minimum Gasteiger partial charge on any atom is -0.308 e. The molecule has 0 aliphatic heterocycles. The minimum absolute atomic E-state index is 0.189. The Bertz CT molecular complexity index is 1100. The van der Waals surface area contributed by atoms with Crippen LogP contribution in [0.25, 0.3) is 22.3 Å². The summed E-state index contributed by atoms with van der Waals surface area (Å²) in [6.07, 6.45) is 0. The van der Waals surface area contributed by atoms with Gasteiger partial charge in [0.15, 0.2) is 0 Å². The van der Waals surface area contributed by atoms with Crippen LogP contribution < -0.4 is 5.56 Å². The number of H-pyrrole nitrogens is 1. The SMILES string of the molecule is C[C@H](c1nc2ccccc2c(=O)[nH]1)n1nnc(-c2ccc(Cl)cc2)n1. The zero-order valence-corrected chi connectivity index (χ0v) is 14.0. The first-order chi connectivity index (χ1) is 12.1. The first-order valence-corrected chi connectivity index (χ1v) is 8.04. The van der Waals surface area contributed by atoms with Crippen LogP contribution in [0.15, 0.2) is 53.3 Å². The summed E-state index contributed by atoms with van der Waals surface area (Å²) < 4.78 is 0. The number of aromatic nitrogens is 6. The van der Waals surface area contributed by atoms with Crippen molar-refractivity contribution in [2.24, 2.45) is 0 Å². The molecule has 0 aliphatic rings. The monoisotopic (exact) mass is 352 g/mol. The number of rotatable bonds is 3. The summed E-state index contributed by atoms with van der Waals surface area (Å²) in [7, 11) is 0. The smallest absolute Gasteiger partial charge is 0.258 e. The molecule has 0 fully saturated rings. The summed E-state index contributed by atoms with van der Waals surface area (Å²) in [5, 5.41) is 13.7. The zero-order chi connectivity index (χ0) is 17.4. The van der Waals surface area contributed by atoms with Crippen LogP contribution in [0, 0.1) is 0 Å². The zero-order valence-electron chi connectivity index (χ0n) is 13.2. The fourth-order valence-corrected chi connectivity index (χ4v) is 2.64. The van der Waals surface area contributed by atoms with Crippen LogP contribution in [-0.4, -0.2) is 30.2 Å². The highest BCUT2D eigenvalue weighted by atomic mass is 35.5. The lowest BCUT2D eigenvalue weighted by molar-refractivity contribution is 0.462. The molecule has 25 heavy (non-hydrogen) atoms. The van der Waals surface area contributed by atoms with Gasteiger partial charge >= 0.3 is 0 Å². The van der Waals surface area contributed by atoms with Gasteiger partial charge in [0, 0.05) is 10.6 Å². The maximum absolute atomic E-state index is 12.2. The molecule has 4 rings (SSSR count). The van der Waals surface area contributed by atoms with E-state index in [1.807, 2.05) is 25.1 Å². The predicted octanol–water partition coefficient (Wildman–Crippen LogP) is 2.84. The van der Waals surface area contributed by atoms with Gasteiger partial charge in [0.05, 0.1) is 10.9 Å². The molecule has 2 aromatic carbocycles. The number of aromatic amines is 1. The van der Waals surface area contributed by atoms with E-state index in [-0.39, 0.29) is 11.6 Å². The maximum Gasteiger partial charge on any atom is 0.258 e. The van der Waals surface area contributed by atoms with E-state index in [0.29, 0.717) is 27.6 Å². The number of hydrogen-bond donors (Lipinski definition) is 1. The highest BCUT2D eigenvalue weighted by Gasteiger charge is 2.16. The van der Waals surface area contributed by atoms with Crippen molar-refractivity contribution in [3.05, 3.63) is 69.7 Å². The van der Waals surface area contributed by atoms with Gasteiger partial charge in [0.2, 0.25) is 5.82 Å². The van der Waals surface area contributed by atoms with Crippen LogP contribution in [0.2, 0.25) is 5.02 Å². The number of para-hydroxylation sites is 1. The van der Waals surface area contributed by atoms with Gasteiger partial charge in [-0.15, -0.1) is 10.2 Å². The molecule has 1 atom stereocenters. The Labute approximate surface area is 147 Å². The van der Waals surface area contributed by atoms with E-state index in [2.05, 4.69) is 25.4 Å². The molecule has 2 aromatic heterocycles. The number of tetrazole rings is 1. The summed E-state index contributed by atoms with van der Waals surface area (Å²) in [5.74, 6) is 0.954. The lowest BCUT2D eigenvalue weighted by Gasteiger charge is -2.09. The van der Waals surface area contributed by atoms with Gasteiger partial charge in [-0.3, -0.25) is 4.79 Å². The third kappa shape index (κ3) is 2.89. The quantitative estimate of drug-likeness (QED) is 0.612. The van der Waals surface area contributed by atoms with Gasteiger partial charge in [-0.2, -0.15) is 4.80 Å². The molecule has 0 unspecified atom stereocenters. The summed E-state index contributed by atoms with van der Waals surface area (Å²) in [6.45, 7) is 1.85. The van der Waals surface area contributed by atoms with Crippen molar-refractivity contribution >= 4 is 22.5 Å². The Kier molecular flexibility index (Phi) is 3.77. The van der Waals surface area contributed by atoms with Gasteiger partial charge in [-0.05, 0) is 48.5 Å². The molecule has 0 saturated heterocycles. The fourth-order valence-electron chi connectivity index (χ4n) is 2.52. The lowest BCUT2D eigenvalue weighted by atomic mass is 10.2. The van der Waals surface area contributed by atoms with Crippen molar-refractivity contribution in [1.82, 2.24) is 30.2 Å². The van der Waals surface area contributed by atoms with Crippen LogP contribution in [0.3, 0.4) is 0 Å². The molecule has 0 aliphatic carbocycles. The number of halogens is 1. The average molecular weight is 353 g/mol. The molecule has 124 valence electrons. The van der Waals surface area contributed by atoms with Gasteiger partial charge in [-0.1, -0.05) is 23.7 Å². The van der Waals surface area contributed by atoms with E-state index in [1.54, 1.807) is 30.3 Å². The second-order valence-corrected chi connectivity index (χ2v) is 6.02. The van der Waals surface area contributed by atoms with Gasteiger partial charge < -0.3 is 4.98 Å². The normalized spacial score (nSPS) is 12.4. The summed E-state index contributed by atoms with van der Waals surface area (Å²) in [6, 6.07) is 14.0. The number of fused-ring (bicyclic) bond motifs is 1. The molecule has 8 heteroatoms. The predicted molar refractivity (Wildman–Crippen MR) is 94.4 cm³/mol. The molecule has 0 radical (unpaired) electrons. The fraction of sp³-hybridized carbons (Fsp3) is 0.118. The third-order valence-electron chi connectivity index (χ3n) is 3.90. The van der Waals surface area contributed by atoms with Crippen molar-refractivity contribution in [3.8, 4) is 11.4 Å². The standard InChI is InChI=1S/C17H13ClN6O/c1-10(15-19-14-5-3-2-4-13(14)17(25)20-15)24-22-16(21-23-24)11-6-8-12(18)9-7-11/h2-10H,1H3,(H,19,20,25)/t10-/m1/s1. The topological polar surface area (TPSA) is 89.4 Å². The first-order valence-electron chi connectivity index (χ1n) is 7.66. The summed E-state index contributed by atoms with van der Waals surface area (Å²) >= 11 is 5.89. The third-order valence-corrected chi connectivity index (χ3v) is 4.16. The Morgan fingerprint density at radius 2 is 1.88 bits per heavy atom. The van der Waals surface area contributed by atoms with Crippen molar-refractivity contribution in [1.29, 1.82) is 0 Å². The highest BCUT2D eigenvalue weighted by Crippen LogP contribution is 2.19. The molecular weight excluding hydrogens is 340 g/mol. The molecule has 0 spiro atoms. The van der Waals surface area contributed by atoms with Crippen molar-refractivity contribution in [3.63, 3.8) is 0 Å². The van der Waals surface area contributed by atoms with Gasteiger partial charge in [0.25, 0.3) is 5.56 Å². The average Bonchev–Trinajstić information content (AvgIpc) is 3.12. The molecule has 0 saturated carbocycles. The second kappa shape index (κ2) is 6.10. The van der Waals surface area contributed by atoms with E-state index in [0.717, 1.165) is 5.56 Å². The van der Waals surface area contributed by atoms with Crippen LogP contribution in [0.4, 0.5) is 0 Å². The molecular formula is C17H13ClN6O. The number of nitrogens with zero attached hydrogens (tertiary/aromatic N) is 5. The first kappa shape index (κ1) is 15.5. The largest absolute Gasteiger partial charge is 0.308 e. The van der Waals surface area contributed by atoms with E-state index in [4.69, 9.17) is 11.6 Å². The van der Waals surface area contributed by atoms with Gasteiger partial charge in [0.1, 0.15) is 11.9 Å². The van der Waals surface area contributed by atoms with Crippen molar-refractivity contribution in [2.75, 3.05) is 0 Å². The molecule has 2 heterocycles. The summed E-state index contributed by atoms with van der Waals surface area (Å²) in [4.78, 5) is 20.9. The van der Waals surface area contributed by atoms with E-state index in [9.17, 15) is 4.79 Å². The van der Waals surface area contributed by atoms with Crippen LogP contribution in [-0.2, 0) is 0 Å². The Hall–Kier alpha value is -3.06. The summed E-state index contributed by atoms with van der Waals surface area (Å²) in [5.41, 5.74) is 1.25. The van der Waals surface area contributed by atoms with E-state index >= 15 is 0 Å². The van der Waals surface area contributed by atoms with Gasteiger partial charge in [-0.25, -0.2) is 4.98 Å². The van der Waals surface area contributed by atoms with Crippen LogP contribution in [0.5, 0.6) is 0 Å². The van der Waals surface area contributed by atoms with E-state index < -0.39 is 0 Å². The highest BCUT2D eigenvalue weighted by molar-refractivity contribution is 6.30.